The van der Waals surface area contributed by atoms with Crippen molar-refractivity contribution in [3.05, 3.63) is 41.6 Å². The molecule has 1 heterocycles. The second-order valence-electron chi connectivity index (χ2n) is 4.55. The minimum atomic E-state index is 0.814. The van der Waals surface area contributed by atoms with Crippen molar-refractivity contribution in [2.24, 2.45) is 0 Å². The Morgan fingerprint density at radius 2 is 2.06 bits per heavy atom. The number of fused-ring (bicyclic) bond motifs is 1. The maximum absolute atomic E-state index is 11.3. The Morgan fingerprint density at radius 1 is 1.18 bits per heavy atom. The van der Waals surface area contributed by atoms with Crippen LogP contribution < -0.4 is 0 Å². The highest BCUT2D eigenvalue weighted by Crippen LogP contribution is 2.31. The maximum atomic E-state index is 11.3. The smallest absolute Gasteiger partial charge is 0.152 e. The van der Waals surface area contributed by atoms with Gasteiger partial charge in [-0.25, -0.2) is 0 Å². The molecule has 3 rings (SSSR count). The summed E-state index contributed by atoms with van der Waals surface area (Å²) >= 11 is 0. The minimum absolute atomic E-state index is 0.814. The van der Waals surface area contributed by atoms with E-state index in [0.29, 0.717) is 0 Å². The van der Waals surface area contributed by atoms with Gasteiger partial charge < -0.3 is 4.98 Å². The van der Waals surface area contributed by atoms with E-state index in [2.05, 4.69) is 11.1 Å². The summed E-state index contributed by atoms with van der Waals surface area (Å²) in [5, 5.41) is 1.03. The quantitative estimate of drug-likeness (QED) is 0.771. The van der Waals surface area contributed by atoms with E-state index in [-0.39, 0.29) is 0 Å². The van der Waals surface area contributed by atoms with E-state index in [1.165, 1.54) is 18.4 Å². The van der Waals surface area contributed by atoms with Gasteiger partial charge in [0.1, 0.15) is 0 Å². The second kappa shape index (κ2) is 4.21. The average molecular weight is 225 g/mol. The van der Waals surface area contributed by atoms with Crippen LogP contribution in [0.15, 0.2) is 30.3 Å². The molecule has 17 heavy (non-hydrogen) atoms. The fraction of sp³-hybridized carbons (Fsp3) is 0.267. The number of H-pyrrole nitrogens is 1. The van der Waals surface area contributed by atoms with E-state index in [1.54, 1.807) is 0 Å². The highest BCUT2D eigenvalue weighted by atomic mass is 16.1. The molecule has 0 amide bonds. The Kier molecular flexibility index (Phi) is 2.56. The minimum Gasteiger partial charge on any atom is -0.354 e. The van der Waals surface area contributed by atoms with Crippen molar-refractivity contribution < 1.29 is 4.79 Å². The Labute approximate surface area is 100 Å². The molecule has 2 aromatic rings. The van der Waals surface area contributed by atoms with Gasteiger partial charge in [-0.15, -0.1) is 0 Å². The molecular formula is C15H15NO. The van der Waals surface area contributed by atoms with Crippen molar-refractivity contribution in [1.82, 2.24) is 4.98 Å². The van der Waals surface area contributed by atoms with Crippen molar-refractivity contribution in [2.75, 3.05) is 0 Å². The largest absolute Gasteiger partial charge is 0.354 e. The zero-order valence-corrected chi connectivity index (χ0v) is 9.70. The van der Waals surface area contributed by atoms with Crippen LogP contribution in [0, 0.1) is 0 Å². The van der Waals surface area contributed by atoms with Gasteiger partial charge in [-0.3, -0.25) is 4.79 Å². The number of hydrogen-bond donors (Lipinski definition) is 1. The molecule has 1 aliphatic carbocycles. The van der Waals surface area contributed by atoms with Gasteiger partial charge in [0.15, 0.2) is 6.29 Å². The number of aldehydes is 1. The zero-order chi connectivity index (χ0) is 11.7. The number of para-hydroxylation sites is 1. The number of carbonyl (C=O) groups excluding carboxylic acids is 1. The normalized spacial score (nSPS) is 15.9. The predicted molar refractivity (Wildman–Crippen MR) is 70.1 cm³/mol. The number of allylic oxidation sites excluding steroid dienone is 2. The molecule has 1 aromatic heterocycles. The molecule has 86 valence electrons. The van der Waals surface area contributed by atoms with Crippen LogP contribution >= 0.6 is 0 Å². The first-order chi connectivity index (χ1) is 8.40. The highest BCUT2D eigenvalue weighted by Gasteiger charge is 2.15. The summed E-state index contributed by atoms with van der Waals surface area (Å²) in [5.74, 6) is 0. The van der Waals surface area contributed by atoms with Crippen LogP contribution in [-0.2, 0) is 0 Å². The lowest BCUT2D eigenvalue weighted by atomic mass is 9.95. The first kappa shape index (κ1) is 10.3. The molecule has 0 radical (unpaired) electrons. The number of carbonyl (C=O) groups is 1. The Balaban J connectivity index is 2.21. The van der Waals surface area contributed by atoms with Gasteiger partial charge in [-0.2, -0.15) is 0 Å². The zero-order valence-electron chi connectivity index (χ0n) is 9.70. The summed E-state index contributed by atoms with van der Waals surface area (Å²) < 4.78 is 0. The lowest BCUT2D eigenvalue weighted by molar-refractivity contribution is 0.112. The van der Waals surface area contributed by atoms with Crippen LogP contribution in [-0.4, -0.2) is 11.3 Å². The predicted octanol–water partition coefficient (Wildman–Crippen LogP) is 3.94. The number of aromatic nitrogens is 1. The van der Waals surface area contributed by atoms with E-state index in [0.717, 1.165) is 41.3 Å². The molecule has 0 atom stereocenters. The van der Waals surface area contributed by atoms with Crippen LogP contribution in [0.4, 0.5) is 0 Å². The van der Waals surface area contributed by atoms with E-state index in [1.807, 2.05) is 24.3 Å². The van der Waals surface area contributed by atoms with Gasteiger partial charge in [0, 0.05) is 16.5 Å². The van der Waals surface area contributed by atoms with E-state index < -0.39 is 0 Å². The number of rotatable bonds is 2. The van der Waals surface area contributed by atoms with Gasteiger partial charge in [0.2, 0.25) is 0 Å². The number of hydrogen-bond acceptors (Lipinski definition) is 1. The maximum Gasteiger partial charge on any atom is 0.152 e. The third-order valence-corrected chi connectivity index (χ3v) is 3.48. The third kappa shape index (κ3) is 1.70. The fourth-order valence-corrected chi connectivity index (χ4v) is 2.60. The number of nitrogens with one attached hydrogen (secondary N) is 1. The molecule has 0 bridgehead atoms. The lowest BCUT2D eigenvalue weighted by Gasteiger charge is -2.11. The van der Waals surface area contributed by atoms with Crippen molar-refractivity contribution in [3.63, 3.8) is 0 Å². The molecule has 1 aliphatic rings. The van der Waals surface area contributed by atoms with E-state index in [4.69, 9.17) is 0 Å². The molecule has 2 nitrogen and oxygen atoms in total. The van der Waals surface area contributed by atoms with Crippen LogP contribution in [0.1, 0.15) is 41.7 Å². The molecule has 0 saturated heterocycles. The second-order valence-corrected chi connectivity index (χ2v) is 4.55. The topological polar surface area (TPSA) is 32.9 Å². The summed E-state index contributed by atoms with van der Waals surface area (Å²) in [6, 6.07) is 7.99. The first-order valence-electron chi connectivity index (χ1n) is 6.15. The molecule has 1 aromatic carbocycles. The van der Waals surface area contributed by atoms with Gasteiger partial charge in [0.25, 0.3) is 0 Å². The van der Waals surface area contributed by atoms with Crippen molar-refractivity contribution in [3.8, 4) is 0 Å². The molecular weight excluding hydrogens is 210 g/mol. The van der Waals surface area contributed by atoms with E-state index >= 15 is 0 Å². The summed E-state index contributed by atoms with van der Waals surface area (Å²) in [5.41, 5.74) is 4.19. The summed E-state index contributed by atoms with van der Waals surface area (Å²) in [4.78, 5) is 14.7. The summed E-state index contributed by atoms with van der Waals surface area (Å²) in [7, 11) is 0. The molecule has 0 aliphatic heterocycles. The monoisotopic (exact) mass is 225 g/mol. The van der Waals surface area contributed by atoms with Crippen LogP contribution in [0.5, 0.6) is 0 Å². The van der Waals surface area contributed by atoms with Crippen molar-refractivity contribution in [1.29, 1.82) is 0 Å². The van der Waals surface area contributed by atoms with E-state index in [9.17, 15) is 4.79 Å². The SMILES string of the molecule is O=Cc1c(C2=CCCCC2)[nH]c2ccccc12. The molecule has 2 heteroatoms. The van der Waals surface area contributed by atoms with Crippen molar-refractivity contribution in [2.45, 2.75) is 25.7 Å². The standard InChI is InChI=1S/C15H15NO/c17-10-13-12-8-4-5-9-14(12)16-15(13)11-6-2-1-3-7-11/h4-6,8-10,16H,1-3,7H2. The van der Waals surface area contributed by atoms with Crippen LogP contribution in [0.2, 0.25) is 0 Å². The Hall–Kier alpha value is -1.83. The summed E-state index contributed by atoms with van der Waals surface area (Å²) in [6.45, 7) is 0. The first-order valence-corrected chi connectivity index (χ1v) is 6.15. The van der Waals surface area contributed by atoms with Crippen molar-refractivity contribution >= 4 is 22.8 Å². The highest BCUT2D eigenvalue weighted by molar-refractivity contribution is 6.02. The number of benzene rings is 1. The van der Waals surface area contributed by atoms with Crippen LogP contribution in [0.3, 0.4) is 0 Å². The van der Waals surface area contributed by atoms with Crippen LogP contribution in [0.25, 0.3) is 16.5 Å². The fourth-order valence-electron chi connectivity index (χ4n) is 2.60. The van der Waals surface area contributed by atoms with Gasteiger partial charge >= 0.3 is 0 Å². The molecule has 1 N–H and O–H groups in total. The van der Waals surface area contributed by atoms with Gasteiger partial charge in [0.05, 0.1) is 5.69 Å². The summed E-state index contributed by atoms with van der Waals surface area (Å²) in [6.07, 6.45) is 7.93. The molecule has 0 unspecified atom stereocenters. The third-order valence-electron chi connectivity index (χ3n) is 3.48. The van der Waals surface area contributed by atoms with Gasteiger partial charge in [-0.1, -0.05) is 24.3 Å². The molecule has 0 saturated carbocycles. The number of aromatic amines is 1. The lowest BCUT2D eigenvalue weighted by Crippen LogP contribution is -1.95. The molecule has 0 fully saturated rings. The molecule has 0 spiro atoms. The Bertz CT molecular complexity index is 592. The average Bonchev–Trinajstić information content (AvgIpc) is 2.78. The van der Waals surface area contributed by atoms with Gasteiger partial charge in [-0.05, 0) is 37.3 Å². The Morgan fingerprint density at radius 3 is 2.82 bits per heavy atom.